The molecule has 1 heterocycles. The van der Waals surface area contributed by atoms with Crippen LogP contribution in [-0.2, 0) is 4.74 Å². The molecule has 118 valence electrons. The SMILES string of the molecule is CC1CN(CCC(O)c2cc(F)cc(F)c2)CC(CO)O1. The lowest BCUT2D eigenvalue weighted by molar-refractivity contribution is -0.0967. The molecule has 1 aromatic carbocycles. The van der Waals surface area contributed by atoms with Crippen LogP contribution in [0.2, 0.25) is 0 Å². The summed E-state index contributed by atoms with van der Waals surface area (Å²) >= 11 is 0. The second-order valence-corrected chi connectivity index (χ2v) is 5.52. The molecule has 0 aliphatic carbocycles. The van der Waals surface area contributed by atoms with Crippen molar-refractivity contribution in [3.63, 3.8) is 0 Å². The van der Waals surface area contributed by atoms with Gasteiger partial charge in [0.1, 0.15) is 11.6 Å². The maximum Gasteiger partial charge on any atom is 0.126 e. The molecule has 0 bridgehead atoms. The lowest BCUT2D eigenvalue weighted by Gasteiger charge is -2.36. The van der Waals surface area contributed by atoms with E-state index >= 15 is 0 Å². The molecule has 2 rings (SSSR count). The highest BCUT2D eigenvalue weighted by Crippen LogP contribution is 2.20. The predicted molar refractivity (Wildman–Crippen MR) is 73.8 cm³/mol. The van der Waals surface area contributed by atoms with Crippen molar-refractivity contribution >= 4 is 0 Å². The first-order valence-corrected chi connectivity index (χ1v) is 7.10. The van der Waals surface area contributed by atoms with Gasteiger partial charge in [-0.3, -0.25) is 4.90 Å². The van der Waals surface area contributed by atoms with E-state index < -0.39 is 17.7 Å². The molecule has 2 N–H and O–H groups in total. The van der Waals surface area contributed by atoms with E-state index in [4.69, 9.17) is 9.84 Å². The number of aliphatic hydroxyl groups is 2. The summed E-state index contributed by atoms with van der Waals surface area (Å²) in [5, 5.41) is 19.2. The summed E-state index contributed by atoms with van der Waals surface area (Å²) in [6.07, 6.45) is -0.758. The first kappa shape index (κ1) is 16.3. The van der Waals surface area contributed by atoms with E-state index in [1.165, 1.54) is 0 Å². The lowest BCUT2D eigenvalue weighted by atomic mass is 10.1. The van der Waals surface area contributed by atoms with Gasteiger partial charge in [0.05, 0.1) is 24.9 Å². The summed E-state index contributed by atoms with van der Waals surface area (Å²) < 4.78 is 31.8. The maximum absolute atomic E-state index is 13.1. The van der Waals surface area contributed by atoms with E-state index in [9.17, 15) is 13.9 Å². The summed E-state index contributed by atoms with van der Waals surface area (Å²) in [5.41, 5.74) is 0.243. The molecule has 21 heavy (non-hydrogen) atoms. The van der Waals surface area contributed by atoms with Crippen LogP contribution in [0.25, 0.3) is 0 Å². The Labute approximate surface area is 123 Å². The number of rotatable bonds is 5. The summed E-state index contributed by atoms with van der Waals surface area (Å²) in [6.45, 7) is 3.75. The first-order chi connectivity index (χ1) is 9.97. The Hall–Kier alpha value is -1.08. The molecule has 1 saturated heterocycles. The van der Waals surface area contributed by atoms with Gasteiger partial charge in [-0.1, -0.05) is 0 Å². The maximum atomic E-state index is 13.1. The molecule has 6 heteroatoms. The highest BCUT2D eigenvalue weighted by atomic mass is 19.1. The number of ether oxygens (including phenoxy) is 1. The van der Waals surface area contributed by atoms with Gasteiger partial charge in [-0.25, -0.2) is 8.78 Å². The molecule has 0 saturated carbocycles. The van der Waals surface area contributed by atoms with Crippen LogP contribution in [0.15, 0.2) is 18.2 Å². The van der Waals surface area contributed by atoms with Crippen LogP contribution in [-0.4, -0.2) is 53.6 Å². The van der Waals surface area contributed by atoms with Crippen molar-refractivity contribution in [3.05, 3.63) is 35.4 Å². The van der Waals surface area contributed by atoms with E-state index in [1.807, 2.05) is 6.92 Å². The third-order valence-corrected chi connectivity index (χ3v) is 3.59. The van der Waals surface area contributed by atoms with Crippen molar-refractivity contribution in [2.45, 2.75) is 31.7 Å². The van der Waals surface area contributed by atoms with Crippen molar-refractivity contribution in [2.75, 3.05) is 26.2 Å². The fourth-order valence-electron chi connectivity index (χ4n) is 2.66. The molecule has 3 unspecified atom stereocenters. The second kappa shape index (κ2) is 7.26. The normalized spacial score (nSPS) is 25.0. The van der Waals surface area contributed by atoms with Crippen LogP contribution in [0, 0.1) is 11.6 Å². The van der Waals surface area contributed by atoms with Gasteiger partial charge in [0.2, 0.25) is 0 Å². The molecule has 0 radical (unpaired) electrons. The van der Waals surface area contributed by atoms with Crippen molar-refractivity contribution in [1.29, 1.82) is 0 Å². The van der Waals surface area contributed by atoms with E-state index in [2.05, 4.69) is 4.90 Å². The highest BCUT2D eigenvalue weighted by Gasteiger charge is 2.25. The lowest BCUT2D eigenvalue weighted by Crippen LogP contribution is -2.48. The second-order valence-electron chi connectivity index (χ2n) is 5.52. The average molecular weight is 301 g/mol. The van der Waals surface area contributed by atoms with Crippen LogP contribution in [0.4, 0.5) is 8.78 Å². The van der Waals surface area contributed by atoms with E-state index in [0.717, 1.165) is 18.2 Å². The number of nitrogens with zero attached hydrogens (tertiary/aromatic N) is 1. The van der Waals surface area contributed by atoms with E-state index in [-0.39, 0.29) is 24.4 Å². The minimum Gasteiger partial charge on any atom is -0.394 e. The molecule has 0 amide bonds. The van der Waals surface area contributed by atoms with Gasteiger partial charge >= 0.3 is 0 Å². The fourth-order valence-corrected chi connectivity index (χ4v) is 2.66. The molecule has 0 aromatic heterocycles. The predicted octanol–water partition coefficient (Wildman–Crippen LogP) is 1.47. The van der Waals surface area contributed by atoms with Crippen LogP contribution < -0.4 is 0 Å². The van der Waals surface area contributed by atoms with Gasteiger partial charge in [-0.05, 0) is 31.0 Å². The van der Waals surface area contributed by atoms with Crippen molar-refractivity contribution in [2.24, 2.45) is 0 Å². The molecule has 1 fully saturated rings. The molecule has 1 aliphatic heterocycles. The number of hydrogen-bond acceptors (Lipinski definition) is 4. The Bertz CT molecular complexity index is 452. The van der Waals surface area contributed by atoms with Crippen molar-refractivity contribution < 1.29 is 23.7 Å². The molecule has 1 aliphatic rings. The smallest absolute Gasteiger partial charge is 0.126 e. The Morgan fingerprint density at radius 3 is 2.57 bits per heavy atom. The molecule has 0 spiro atoms. The average Bonchev–Trinajstić information content (AvgIpc) is 2.43. The van der Waals surface area contributed by atoms with Gasteiger partial charge in [0, 0.05) is 25.7 Å². The number of morpholine rings is 1. The van der Waals surface area contributed by atoms with Crippen molar-refractivity contribution in [3.8, 4) is 0 Å². The van der Waals surface area contributed by atoms with Crippen LogP contribution in [0.3, 0.4) is 0 Å². The minimum atomic E-state index is -0.916. The summed E-state index contributed by atoms with van der Waals surface area (Å²) in [4.78, 5) is 2.08. The van der Waals surface area contributed by atoms with Gasteiger partial charge in [0.15, 0.2) is 0 Å². The van der Waals surface area contributed by atoms with Gasteiger partial charge in [-0.15, -0.1) is 0 Å². The molecular weight excluding hydrogens is 280 g/mol. The van der Waals surface area contributed by atoms with E-state index in [0.29, 0.717) is 26.1 Å². The Morgan fingerprint density at radius 1 is 1.29 bits per heavy atom. The Kier molecular flexibility index (Phi) is 5.64. The first-order valence-electron chi connectivity index (χ1n) is 7.10. The summed E-state index contributed by atoms with van der Waals surface area (Å²) in [6, 6.07) is 3.07. The highest BCUT2D eigenvalue weighted by molar-refractivity contribution is 5.20. The number of benzene rings is 1. The quantitative estimate of drug-likeness (QED) is 0.865. The minimum absolute atomic E-state index is 0.0136. The molecule has 3 atom stereocenters. The van der Waals surface area contributed by atoms with Crippen LogP contribution in [0.5, 0.6) is 0 Å². The van der Waals surface area contributed by atoms with Crippen LogP contribution >= 0.6 is 0 Å². The summed E-state index contributed by atoms with van der Waals surface area (Å²) in [7, 11) is 0. The fraction of sp³-hybridized carbons (Fsp3) is 0.600. The molecular formula is C15H21F2NO3. The zero-order chi connectivity index (χ0) is 15.4. The molecule has 4 nitrogen and oxygen atoms in total. The number of hydrogen-bond donors (Lipinski definition) is 2. The molecule has 1 aromatic rings. The van der Waals surface area contributed by atoms with Gasteiger partial charge in [0.25, 0.3) is 0 Å². The Morgan fingerprint density at radius 2 is 1.95 bits per heavy atom. The topological polar surface area (TPSA) is 52.9 Å². The summed E-state index contributed by atoms with van der Waals surface area (Å²) in [5.74, 6) is -1.38. The van der Waals surface area contributed by atoms with Crippen molar-refractivity contribution in [1.82, 2.24) is 4.90 Å². The van der Waals surface area contributed by atoms with Gasteiger partial charge < -0.3 is 14.9 Å². The zero-order valence-electron chi connectivity index (χ0n) is 12.0. The third-order valence-electron chi connectivity index (χ3n) is 3.59. The van der Waals surface area contributed by atoms with Gasteiger partial charge in [-0.2, -0.15) is 0 Å². The van der Waals surface area contributed by atoms with E-state index in [1.54, 1.807) is 0 Å². The van der Waals surface area contributed by atoms with Crippen LogP contribution in [0.1, 0.15) is 25.0 Å². The third kappa shape index (κ3) is 4.71. The number of halogens is 2. The largest absolute Gasteiger partial charge is 0.394 e. The Balaban J connectivity index is 1.89. The number of aliphatic hydroxyl groups excluding tert-OH is 2. The standard InChI is InChI=1S/C15H21F2NO3/c1-10-7-18(8-14(9-19)21-10)3-2-15(20)11-4-12(16)6-13(17)5-11/h4-6,10,14-15,19-20H,2-3,7-9H2,1H3. The monoisotopic (exact) mass is 301 g/mol. The zero-order valence-corrected chi connectivity index (χ0v) is 12.0.